The molecule has 7 heteroatoms. The SMILES string of the molecule is Fc1ccc(-c2nnc(-c3ccco3)nc2OCCN2CCCCC2)cc1. The Balaban J connectivity index is 1.56. The van der Waals surface area contributed by atoms with Gasteiger partial charge in [0.1, 0.15) is 12.4 Å². The van der Waals surface area contributed by atoms with Gasteiger partial charge >= 0.3 is 0 Å². The summed E-state index contributed by atoms with van der Waals surface area (Å²) in [7, 11) is 0. The van der Waals surface area contributed by atoms with Crippen LogP contribution in [0.2, 0.25) is 0 Å². The highest BCUT2D eigenvalue weighted by atomic mass is 19.1. The number of hydrogen-bond donors (Lipinski definition) is 0. The maximum Gasteiger partial charge on any atom is 0.244 e. The summed E-state index contributed by atoms with van der Waals surface area (Å²) in [5, 5.41) is 8.41. The van der Waals surface area contributed by atoms with Crippen molar-refractivity contribution in [2.75, 3.05) is 26.2 Å². The number of piperidine rings is 1. The lowest BCUT2D eigenvalue weighted by molar-refractivity contribution is 0.180. The lowest BCUT2D eigenvalue weighted by Gasteiger charge is -2.26. The largest absolute Gasteiger partial charge is 0.475 e. The Morgan fingerprint density at radius 1 is 1.04 bits per heavy atom. The quantitative estimate of drug-likeness (QED) is 0.659. The molecule has 0 N–H and O–H groups in total. The molecular formula is C20H21FN4O2. The monoisotopic (exact) mass is 368 g/mol. The van der Waals surface area contributed by atoms with Crippen LogP contribution < -0.4 is 4.74 Å². The summed E-state index contributed by atoms with van der Waals surface area (Å²) in [6.07, 6.45) is 5.33. The molecule has 0 saturated carbocycles. The zero-order valence-electron chi connectivity index (χ0n) is 15.0. The van der Waals surface area contributed by atoms with Crippen LogP contribution in [0.3, 0.4) is 0 Å². The van der Waals surface area contributed by atoms with Crippen molar-refractivity contribution in [1.29, 1.82) is 0 Å². The van der Waals surface area contributed by atoms with E-state index in [1.807, 2.05) is 0 Å². The third-order valence-corrected chi connectivity index (χ3v) is 4.61. The van der Waals surface area contributed by atoms with Crippen molar-refractivity contribution >= 4 is 0 Å². The summed E-state index contributed by atoms with van der Waals surface area (Å²) in [5.41, 5.74) is 1.19. The van der Waals surface area contributed by atoms with Crippen LogP contribution in [0.25, 0.3) is 22.8 Å². The molecule has 0 unspecified atom stereocenters. The van der Waals surface area contributed by atoms with Crippen LogP contribution >= 0.6 is 0 Å². The zero-order valence-corrected chi connectivity index (χ0v) is 15.0. The second kappa shape index (κ2) is 8.26. The minimum absolute atomic E-state index is 0.306. The van der Waals surface area contributed by atoms with Gasteiger partial charge in [0, 0.05) is 12.1 Å². The molecule has 140 valence electrons. The Bertz CT molecular complexity index is 862. The van der Waals surface area contributed by atoms with Crippen LogP contribution in [-0.4, -0.2) is 46.3 Å². The molecule has 4 rings (SSSR count). The van der Waals surface area contributed by atoms with E-state index in [2.05, 4.69) is 20.1 Å². The predicted octanol–water partition coefficient (Wildman–Crippen LogP) is 3.80. The molecule has 1 aliphatic heterocycles. The number of hydrogen-bond acceptors (Lipinski definition) is 6. The molecule has 0 amide bonds. The van der Waals surface area contributed by atoms with Gasteiger partial charge in [-0.25, -0.2) is 4.39 Å². The number of furan rings is 1. The zero-order chi connectivity index (χ0) is 18.5. The number of benzene rings is 1. The number of ether oxygens (including phenoxy) is 1. The van der Waals surface area contributed by atoms with Crippen LogP contribution in [0, 0.1) is 5.82 Å². The van der Waals surface area contributed by atoms with E-state index in [0.29, 0.717) is 35.3 Å². The molecule has 0 radical (unpaired) electrons. The summed E-state index contributed by atoms with van der Waals surface area (Å²) < 4.78 is 24.6. The van der Waals surface area contributed by atoms with Gasteiger partial charge in [0.2, 0.25) is 11.7 Å². The summed E-state index contributed by atoms with van der Waals surface area (Å²) in [5.74, 6) is 0.951. The Labute approximate surface area is 157 Å². The summed E-state index contributed by atoms with van der Waals surface area (Å²) >= 11 is 0. The third kappa shape index (κ3) is 4.31. The molecule has 0 spiro atoms. The minimum Gasteiger partial charge on any atom is -0.475 e. The first-order valence-electron chi connectivity index (χ1n) is 9.19. The summed E-state index contributed by atoms with van der Waals surface area (Å²) in [6, 6.07) is 9.59. The van der Waals surface area contributed by atoms with Gasteiger partial charge in [0.05, 0.1) is 6.26 Å². The molecule has 3 heterocycles. The van der Waals surface area contributed by atoms with Crippen molar-refractivity contribution in [2.45, 2.75) is 19.3 Å². The fraction of sp³-hybridized carbons (Fsp3) is 0.350. The Kier molecular flexibility index (Phi) is 5.39. The first kappa shape index (κ1) is 17.6. The van der Waals surface area contributed by atoms with Crippen molar-refractivity contribution in [3.63, 3.8) is 0 Å². The molecular weight excluding hydrogens is 347 g/mol. The molecule has 27 heavy (non-hydrogen) atoms. The Morgan fingerprint density at radius 3 is 2.59 bits per heavy atom. The van der Waals surface area contributed by atoms with E-state index in [0.717, 1.165) is 19.6 Å². The van der Waals surface area contributed by atoms with E-state index in [-0.39, 0.29) is 5.82 Å². The average molecular weight is 368 g/mol. The molecule has 1 aliphatic rings. The minimum atomic E-state index is -0.306. The van der Waals surface area contributed by atoms with Crippen molar-refractivity contribution in [2.24, 2.45) is 0 Å². The van der Waals surface area contributed by atoms with Gasteiger partial charge < -0.3 is 9.15 Å². The van der Waals surface area contributed by atoms with Gasteiger partial charge in [-0.05, 0) is 62.3 Å². The number of rotatable bonds is 6. The lowest BCUT2D eigenvalue weighted by atomic mass is 10.1. The van der Waals surface area contributed by atoms with E-state index in [1.165, 1.54) is 31.4 Å². The maximum absolute atomic E-state index is 13.3. The summed E-state index contributed by atoms with van der Waals surface area (Å²) in [4.78, 5) is 6.89. The van der Waals surface area contributed by atoms with E-state index in [1.54, 1.807) is 30.5 Å². The van der Waals surface area contributed by atoms with Gasteiger partial charge in [-0.3, -0.25) is 4.90 Å². The molecule has 2 aromatic heterocycles. The third-order valence-electron chi connectivity index (χ3n) is 4.61. The van der Waals surface area contributed by atoms with Crippen molar-refractivity contribution in [3.8, 4) is 28.7 Å². The van der Waals surface area contributed by atoms with Gasteiger partial charge in [-0.1, -0.05) is 6.42 Å². The van der Waals surface area contributed by atoms with Crippen LogP contribution in [-0.2, 0) is 0 Å². The standard InChI is InChI=1S/C20H21FN4O2/c21-16-8-6-15(7-9-16)18-20(27-14-12-25-10-2-1-3-11-25)22-19(24-23-18)17-5-4-13-26-17/h4-9,13H,1-3,10-12,14H2. The predicted molar refractivity (Wildman–Crippen MR) is 98.7 cm³/mol. The first-order chi connectivity index (χ1) is 13.3. The van der Waals surface area contributed by atoms with E-state index < -0.39 is 0 Å². The molecule has 0 aliphatic carbocycles. The van der Waals surface area contributed by atoms with Crippen LogP contribution in [0.15, 0.2) is 47.1 Å². The molecule has 1 fully saturated rings. The van der Waals surface area contributed by atoms with Crippen LogP contribution in [0.4, 0.5) is 4.39 Å². The molecule has 1 aromatic carbocycles. The van der Waals surface area contributed by atoms with E-state index in [4.69, 9.17) is 9.15 Å². The normalized spacial score (nSPS) is 15.0. The topological polar surface area (TPSA) is 64.3 Å². The highest BCUT2D eigenvalue weighted by Gasteiger charge is 2.16. The van der Waals surface area contributed by atoms with Gasteiger partial charge in [-0.2, -0.15) is 4.98 Å². The molecule has 0 atom stereocenters. The molecule has 1 saturated heterocycles. The highest BCUT2D eigenvalue weighted by molar-refractivity contribution is 5.65. The van der Waals surface area contributed by atoms with E-state index >= 15 is 0 Å². The maximum atomic E-state index is 13.3. The number of nitrogens with zero attached hydrogens (tertiary/aromatic N) is 4. The van der Waals surface area contributed by atoms with Gasteiger partial charge in [-0.15, -0.1) is 10.2 Å². The highest BCUT2D eigenvalue weighted by Crippen LogP contribution is 2.28. The Morgan fingerprint density at radius 2 is 1.85 bits per heavy atom. The van der Waals surface area contributed by atoms with Crippen molar-refractivity contribution in [1.82, 2.24) is 20.1 Å². The smallest absolute Gasteiger partial charge is 0.244 e. The van der Waals surface area contributed by atoms with Crippen LogP contribution in [0.1, 0.15) is 19.3 Å². The fourth-order valence-corrected chi connectivity index (χ4v) is 3.17. The molecule has 0 bridgehead atoms. The number of halogens is 1. The molecule has 6 nitrogen and oxygen atoms in total. The Hall–Kier alpha value is -2.80. The number of aromatic nitrogens is 3. The average Bonchev–Trinajstić information content (AvgIpc) is 3.24. The summed E-state index contributed by atoms with van der Waals surface area (Å²) in [6.45, 7) is 3.55. The first-order valence-corrected chi connectivity index (χ1v) is 9.19. The second-order valence-electron chi connectivity index (χ2n) is 6.52. The number of likely N-dealkylation sites (tertiary alicyclic amines) is 1. The van der Waals surface area contributed by atoms with Crippen molar-refractivity contribution in [3.05, 3.63) is 48.5 Å². The molecule has 3 aromatic rings. The fourth-order valence-electron chi connectivity index (χ4n) is 3.17. The van der Waals surface area contributed by atoms with Gasteiger partial charge in [0.15, 0.2) is 11.5 Å². The van der Waals surface area contributed by atoms with Gasteiger partial charge in [0.25, 0.3) is 0 Å². The van der Waals surface area contributed by atoms with E-state index in [9.17, 15) is 4.39 Å². The van der Waals surface area contributed by atoms with Crippen LogP contribution in [0.5, 0.6) is 5.88 Å². The second-order valence-corrected chi connectivity index (χ2v) is 6.52. The lowest BCUT2D eigenvalue weighted by Crippen LogP contribution is -2.33. The van der Waals surface area contributed by atoms with Crippen molar-refractivity contribution < 1.29 is 13.5 Å².